The Kier molecular flexibility index (Phi) is 5.74. The van der Waals surface area contributed by atoms with Crippen molar-refractivity contribution in [3.63, 3.8) is 0 Å². The minimum absolute atomic E-state index is 0.227. The molecular formula is C18H20N2O3. The molecule has 0 aliphatic heterocycles. The maximum absolute atomic E-state index is 11.9. The number of aryl methyl sites for hydroxylation is 1. The molecule has 5 heteroatoms. The third-order valence-corrected chi connectivity index (χ3v) is 3.46. The number of para-hydroxylation sites is 1. The lowest BCUT2D eigenvalue weighted by Crippen LogP contribution is -2.35. The standard InChI is InChI=1S/C18H20N2O3/c1-3-13-8-10-15(11-9-13)20-18(22)17(21)19-12-14-6-4-5-7-16(14)23-2/h4-11H,3,12H2,1-2H3,(H,19,21)(H,20,22). The number of amides is 2. The van der Waals surface area contributed by atoms with Crippen LogP contribution in [0.5, 0.6) is 5.75 Å². The van der Waals surface area contributed by atoms with Gasteiger partial charge in [-0.2, -0.15) is 0 Å². The van der Waals surface area contributed by atoms with Crippen molar-refractivity contribution in [2.75, 3.05) is 12.4 Å². The zero-order valence-electron chi connectivity index (χ0n) is 13.3. The number of carbonyl (C=O) groups is 2. The maximum atomic E-state index is 11.9. The summed E-state index contributed by atoms with van der Waals surface area (Å²) in [4.78, 5) is 23.8. The van der Waals surface area contributed by atoms with E-state index in [2.05, 4.69) is 17.6 Å². The topological polar surface area (TPSA) is 67.4 Å². The van der Waals surface area contributed by atoms with E-state index in [-0.39, 0.29) is 6.54 Å². The number of carbonyl (C=O) groups excluding carboxylic acids is 2. The van der Waals surface area contributed by atoms with Crippen LogP contribution in [0.1, 0.15) is 18.1 Å². The van der Waals surface area contributed by atoms with Crippen LogP contribution >= 0.6 is 0 Å². The number of ether oxygens (including phenoxy) is 1. The fraction of sp³-hybridized carbons (Fsp3) is 0.222. The summed E-state index contributed by atoms with van der Waals surface area (Å²) in [7, 11) is 1.56. The van der Waals surface area contributed by atoms with E-state index < -0.39 is 11.8 Å². The molecule has 0 aromatic heterocycles. The van der Waals surface area contributed by atoms with Crippen LogP contribution in [-0.2, 0) is 22.6 Å². The Labute approximate surface area is 135 Å². The van der Waals surface area contributed by atoms with Gasteiger partial charge in [0.1, 0.15) is 5.75 Å². The van der Waals surface area contributed by atoms with E-state index in [4.69, 9.17) is 4.74 Å². The van der Waals surface area contributed by atoms with Gasteiger partial charge in [-0.05, 0) is 30.2 Å². The Bertz CT molecular complexity index is 681. The highest BCUT2D eigenvalue weighted by molar-refractivity contribution is 6.39. The lowest BCUT2D eigenvalue weighted by molar-refractivity contribution is -0.136. The van der Waals surface area contributed by atoms with Crippen molar-refractivity contribution >= 4 is 17.5 Å². The average Bonchev–Trinajstić information content (AvgIpc) is 2.60. The van der Waals surface area contributed by atoms with Crippen LogP contribution in [0.25, 0.3) is 0 Å². The zero-order valence-corrected chi connectivity index (χ0v) is 13.3. The van der Waals surface area contributed by atoms with E-state index in [1.807, 2.05) is 30.3 Å². The van der Waals surface area contributed by atoms with Crippen molar-refractivity contribution in [1.82, 2.24) is 5.32 Å². The lowest BCUT2D eigenvalue weighted by Gasteiger charge is -2.10. The number of nitrogens with one attached hydrogen (secondary N) is 2. The van der Waals surface area contributed by atoms with E-state index in [9.17, 15) is 9.59 Å². The summed E-state index contributed by atoms with van der Waals surface area (Å²) in [5.41, 5.74) is 2.58. The smallest absolute Gasteiger partial charge is 0.313 e. The van der Waals surface area contributed by atoms with Crippen LogP contribution in [-0.4, -0.2) is 18.9 Å². The molecule has 2 aromatic carbocycles. The largest absolute Gasteiger partial charge is 0.496 e. The first kappa shape index (κ1) is 16.5. The maximum Gasteiger partial charge on any atom is 0.313 e. The van der Waals surface area contributed by atoms with Gasteiger partial charge < -0.3 is 15.4 Å². The van der Waals surface area contributed by atoms with Crippen LogP contribution < -0.4 is 15.4 Å². The summed E-state index contributed by atoms with van der Waals surface area (Å²) >= 11 is 0. The SMILES string of the molecule is CCc1ccc(NC(=O)C(=O)NCc2ccccc2OC)cc1. The van der Waals surface area contributed by atoms with E-state index >= 15 is 0 Å². The van der Waals surface area contributed by atoms with Gasteiger partial charge in [-0.3, -0.25) is 9.59 Å². The molecule has 23 heavy (non-hydrogen) atoms. The molecule has 0 atom stereocenters. The molecule has 0 radical (unpaired) electrons. The van der Waals surface area contributed by atoms with Crippen LogP contribution in [0, 0.1) is 0 Å². The summed E-state index contributed by atoms with van der Waals surface area (Å²) in [6, 6.07) is 14.7. The molecule has 2 amide bonds. The van der Waals surface area contributed by atoms with Crippen molar-refractivity contribution in [1.29, 1.82) is 0 Å². The quantitative estimate of drug-likeness (QED) is 0.834. The second-order valence-corrected chi connectivity index (χ2v) is 5.00. The highest BCUT2D eigenvalue weighted by Gasteiger charge is 2.14. The van der Waals surface area contributed by atoms with E-state index in [1.54, 1.807) is 25.3 Å². The van der Waals surface area contributed by atoms with Gasteiger partial charge in [0, 0.05) is 17.8 Å². The zero-order chi connectivity index (χ0) is 16.7. The van der Waals surface area contributed by atoms with Crippen molar-refractivity contribution in [2.45, 2.75) is 19.9 Å². The Morgan fingerprint density at radius 3 is 2.35 bits per heavy atom. The van der Waals surface area contributed by atoms with Crippen molar-refractivity contribution in [3.8, 4) is 5.75 Å². The molecule has 5 nitrogen and oxygen atoms in total. The van der Waals surface area contributed by atoms with Crippen molar-refractivity contribution in [3.05, 3.63) is 59.7 Å². The molecule has 0 bridgehead atoms. The minimum Gasteiger partial charge on any atom is -0.496 e. The first-order valence-corrected chi connectivity index (χ1v) is 7.44. The molecule has 0 saturated heterocycles. The van der Waals surface area contributed by atoms with Gasteiger partial charge in [0.15, 0.2) is 0 Å². The molecule has 0 heterocycles. The predicted octanol–water partition coefficient (Wildman–Crippen LogP) is 2.51. The number of hydrogen-bond donors (Lipinski definition) is 2. The van der Waals surface area contributed by atoms with Crippen molar-refractivity contribution in [2.24, 2.45) is 0 Å². The van der Waals surface area contributed by atoms with Crippen LogP contribution in [0.3, 0.4) is 0 Å². The monoisotopic (exact) mass is 312 g/mol. The fourth-order valence-corrected chi connectivity index (χ4v) is 2.12. The Hall–Kier alpha value is -2.82. The number of rotatable bonds is 5. The molecule has 2 rings (SSSR count). The van der Waals surface area contributed by atoms with Gasteiger partial charge in [0.05, 0.1) is 7.11 Å². The molecule has 0 aliphatic rings. The molecule has 2 N–H and O–H groups in total. The molecule has 0 unspecified atom stereocenters. The molecular weight excluding hydrogens is 292 g/mol. The van der Waals surface area contributed by atoms with Gasteiger partial charge in [0.2, 0.25) is 0 Å². The molecule has 0 aliphatic carbocycles. The second kappa shape index (κ2) is 7.98. The highest BCUT2D eigenvalue weighted by atomic mass is 16.5. The molecule has 0 saturated carbocycles. The molecule has 0 spiro atoms. The fourth-order valence-electron chi connectivity index (χ4n) is 2.12. The number of hydrogen-bond acceptors (Lipinski definition) is 3. The molecule has 2 aromatic rings. The average molecular weight is 312 g/mol. The van der Waals surface area contributed by atoms with Crippen LogP contribution in [0.15, 0.2) is 48.5 Å². The Morgan fingerprint density at radius 1 is 1.00 bits per heavy atom. The minimum atomic E-state index is -0.691. The van der Waals surface area contributed by atoms with E-state index in [1.165, 1.54) is 5.56 Å². The summed E-state index contributed by atoms with van der Waals surface area (Å²) in [6.07, 6.45) is 0.924. The summed E-state index contributed by atoms with van der Waals surface area (Å²) in [5.74, 6) is -0.706. The normalized spacial score (nSPS) is 10.0. The van der Waals surface area contributed by atoms with Gasteiger partial charge in [0.25, 0.3) is 0 Å². The first-order chi connectivity index (χ1) is 11.1. The predicted molar refractivity (Wildman–Crippen MR) is 89.3 cm³/mol. The Morgan fingerprint density at radius 2 is 1.70 bits per heavy atom. The summed E-state index contributed by atoms with van der Waals surface area (Å²) in [5, 5.41) is 5.16. The van der Waals surface area contributed by atoms with Crippen LogP contribution in [0.4, 0.5) is 5.69 Å². The third kappa shape index (κ3) is 4.57. The highest BCUT2D eigenvalue weighted by Crippen LogP contribution is 2.16. The van der Waals surface area contributed by atoms with Gasteiger partial charge in [-0.15, -0.1) is 0 Å². The van der Waals surface area contributed by atoms with E-state index in [0.717, 1.165) is 12.0 Å². The van der Waals surface area contributed by atoms with Gasteiger partial charge >= 0.3 is 11.8 Å². The lowest BCUT2D eigenvalue weighted by atomic mass is 10.1. The number of anilines is 1. The number of benzene rings is 2. The molecule has 0 fully saturated rings. The third-order valence-electron chi connectivity index (χ3n) is 3.46. The summed E-state index contributed by atoms with van der Waals surface area (Å²) < 4.78 is 5.20. The van der Waals surface area contributed by atoms with E-state index in [0.29, 0.717) is 11.4 Å². The van der Waals surface area contributed by atoms with Gasteiger partial charge in [-0.1, -0.05) is 37.3 Å². The van der Waals surface area contributed by atoms with Crippen LogP contribution in [0.2, 0.25) is 0 Å². The van der Waals surface area contributed by atoms with Crippen molar-refractivity contribution < 1.29 is 14.3 Å². The summed E-state index contributed by atoms with van der Waals surface area (Å²) in [6.45, 7) is 2.28. The Balaban J connectivity index is 1.90. The molecule has 120 valence electrons. The van der Waals surface area contributed by atoms with Gasteiger partial charge in [-0.25, -0.2) is 0 Å². The first-order valence-electron chi connectivity index (χ1n) is 7.44. The second-order valence-electron chi connectivity index (χ2n) is 5.00. The number of methoxy groups -OCH3 is 1.